The third kappa shape index (κ3) is 3.09. The van der Waals surface area contributed by atoms with Crippen LogP contribution < -0.4 is 0 Å². The number of fused-ring (bicyclic) bond motifs is 2. The molecule has 2 aliphatic heterocycles. The fourth-order valence-corrected chi connectivity index (χ4v) is 4.28. The van der Waals surface area contributed by atoms with Crippen molar-refractivity contribution in [2.75, 3.05) is 6.54 Å². The van der Waals surface area contributed by atoms with E-state index in [0.717, 1.165) is 25.4 Å². The summed E-state index contributed by atoms with van der Waals surface area (Å²) in [7, 11) is 0. The van der Waals surface area contributed by atoms with Crippen molar-refractivity contribution in [2.45, 2.75) is 38.3 Å². The van der Waals surface area contributed by atoms with Gasteiger partial charge in [0, 0.05) is 19.1 Å². The Labute approximate surface area is 142 Å². The second-order valence-electron chi connectivity index (χ2n) is 7.21. The molecule has 0 amide bonds. The topological polar surface area (TPSA) is 40.5 Å². The van der Waals surface area contributed by atoms with Gasteiger partial charge in [0.1, 0.15) is 0 Å². The largest absolute Gasteiger partial charge is 0.478 e. The van der Waals surface area contributed by atoms with Crippen LogP contribution in [-0.2, 0) is 19.4 Å². The van der Waals surface area contributed by atoms with Crippen LogP contribution in [0, 0.1) is 5.92 Å². The maximum atomic E-state index is 11.0. The lowest BCUT2D eigenvalue weighted by Crippen LogP contribution is -2.46. The van der Waals surface area contributed by atoms with E-state index in [0.29, 0.717) is 11.6 Å². The third-order valence-electron chi connectivity index (χ3n) is 5.59. The molecule has 2 atom stereocenters. The lowest BCUT2D eigenvalue weighted by Gasteiger charge is -2.42. The molecule has 1 saturated heterocycles. The number of piperidine rings is 1. The van der Waals surface area contributed by atoms with Crippen LogP contribution in [0.4, 0.5) is 0 Å². The van der Waals surface area contributed by atoms with Gasteiger partial charge in [0.25, 0.3) is 0 Å². The van der Waals surface area contributed by atoms with Gasteiger partial charge in [-0.3, -0.25) is 4.90 Å². The van der Waals surface area contributed by atoms with Crippen molar-refractivity contribution in [3.05, 3.63) is 70.8 Å². The molecule has 3 aliphatic rings. The second-order valence-corrected chi connectivity index (χ2v) is 7.21. The predicted molar refractivity (Wildman–Crippen MR) is 94.2 cm³/mol. The van der Waals surface area contributed by atoms with Crippen LogP contribution in [-0.4, -0.2) is 28.6 Å². The minimum atomic E-state index is -0.858. The Kier molecular flexibility index (Phi) is 4.11. The molecule has 0 spiro atoms. The predicted octanol–water partition coefficient (Wildman–Crippen LogP) is 3.76. The molecule has 2 unspecified atom stereocenters. The zero-order valence-electron chi connectivity index (χ0n) is 13.8. The number of rotatable bonds is 3. The molecule has 3 nitrogen and oxygen atoms in total. The highest BCUT2D eigenvalue weighted by atomic mass is 16.4. The molecule has 0 radical (unpaired) electrons. The lowest BCUT2D eigenvalue weighted by atomic mass is 9.80. The molecule has 1 fully saturated rings. The van der Waals surface area contributed by atoms with Crippen molar-refractivity contribution in [3.8, 4) is 0 Å². The summed E-state index contributed by atoms with van der Waals surface area (Å²) in [6.45, 7) is 2.07. The Bertz CT molecular complexity index is 738. The molecule has 3 heteroatoms. The van der Waals surface area contributed by atoms with Crippen molar-refractivity contribution < 1.29 is 9.90 Å². The van der Waals surface area contributed by atoms with Crippen LogP contribution >= 0.6 is 0 Å². The van der Waals surface area contributed by atoms with Crippen molar-refractivity contribution in [2.24, 2.45) is 5.92 Å². The third-order valence-corrected chi connectivity index (χ3v) is 5.59. The van der Waals surface area contributed by atoms with Gasteiger partial charge >= 0.3 is 5.97 Å². The zero-order chi connectivity index (χ0) is 16.5. The number of hydrogen-bond donors (Lipinski definition) is 1. The van der Waals surface area contributed by atoms with Crippen LogP contribution in [0.3, 0.4) is 0 Å². The van der Waals surface area contributed by atoms with Crippen molar-refractivity contribution >= 4 is 5.97 Å². The molecule has 2 heterocycles. The first-order valence-electron chi connectivity index (χ1n) is 8.82. The summed E-state index contributed by atoms with van der Waals surface area (Å²) in [4.78, 5) is 13.6. The highest BCUT2D eigenvalue weighted by molar-refractivity contribution is 5.87. The first-order valence-corrected chi connectivity index (χ1v) is 8.82. The Hall–Kier alpha value is -2.13. The van der Waals surface area contributed by atoms with Gasteiger partial charge in [0.2, 0.25) is 0 Å². The number of benzene rings is 2. The standard InChI is InChI=1S/C21H23NO2/c23-21(24)17-8-5-15(6-9-17)13-22-14-16-7-10-20(22)12-19-4-2-1-3-18(19)11-16/h1-6,8-9,16,20H,7,10-14H2,(H,23,24). The normalized spacial score (nSPS) is 23.3. The van der Waals surface area contributed by atoms with E-state index >= 15 is 0 Å². The number of carbonyl (C=O) groups is 1. The second kappa shape index (κ2) is 6.40. The number of carboxylic acids is 1. The average molecular weight is 321 g/mol. The van der Waals surface area contributed by atoms with E-state index in [1.165, 1.54) is 36.0 Å². The molecule has 0 aromatic heterocycles. The lowest BCUT2D eigenvalue weighted by molar-refractivity contribution is 0.0696. The average Bonchev–Trinajstić information content (AvgIpc) is 2.56. The van der Waals surface area contributed by atoms with E-state index in [1.807, 2.05) is 12.1 Å². The number of aromatic carboxylic acids is 1. The molecular weight excluding hydrogens is 298 g/mol. The van der Waals surface area contributed by atoms with Crippen LogP contribution in [0.5, 0.6) is 0 Å². The maximum Gasteiger partial charge on any atom is 0.335 e. The summed E-state index contributed by atoms with van der Waals surface area (Å²) in [6, 6.07) is 16.9. The van der Waals surface area contributed by atoms with Gasteiger partial charge in [0.15, 0.2) is 0 Å². The summed E-state index contributed by atoms with van der Waals surface area (Å²) in [5.41, 5.74) is 4.62. The quantitative estimate of drug-likeness (QED) is 0.935. The summed E-state index contributed by atoms with van der Waals surface area (Å²) in [5, 5.41) is 9.03. The highest BCUT2D eigenvalue weighted by Gasteiger charge is 2.31. The van der Waals surface area contributed by atoms with Gasteiger partial charge in [-0.25, -0.2) is 4.79 Å². The molecule has 124 valence electrons. The monoisotopic (exact) mass is 321 g/mol. The van der Waals surface area contributed by atoms with Gasteiger partial charge in [0.05, 0.1) is 5.56 Å². The summed E-state index contributed by atoms with van der Waals surface area (Å²) in [5.74, 6) is -0.121. The molecule has 1 aliphatic carbocycles. The van der Waals surface area contributed by atoms with E-state index < -0.39 is 5.97 Å². The van der Waals surface area contributed by atoms with Crippen LogP contribution in [0.1, 0.15) is 39.9 Å². The molecule has 2 aromatic rings. The summed E-state index contributed by atoms with van der Waals surface area (Å²) < 4.78 is 0. The van der Waals surface area contributed by atoms with Crippen LogP contribution in [0.2, 0.25) is 0 Å². The Balaban J connectivity index is 1.53. The molecule has 2 aromatic carbocycles. The Morgan fingerprint density at radius 2 is 1.71 bits per heavy atom. The van der Waals surface area contributed by atoms with E-state index in [2.05, 4.69) is 29.2 Å². The van der Waals surface area contributed by atoms with Crippen molar-refractivity contribution in [3.63, 3.8) is 0 Å². The van der Waals surface area contributed by atoms with Crippen molar-refractivity contribution in [1.29, 1.82) is 0 Å². The molecule has 0 saturated carbocycles. The SMILES string of the molecule is O=C(O)c1ccc(CN2CC3CCC2Cc2ccccc2C3)cc1. The molecule has 24 heavy (non-hydrogen) atoms. The van der Waals surface area contributed by atoms with Crippen LogP contribution in [0.15, 0.2) is 48.5 Å². The molecule has 2 bridgehead atoms. The van der Waals surface area contributed by atoms with Crippen LogP contribution in [0.25, 0.3) is 0 Å². The van der Waals surface area contributed by atoms with Crippen molar-refractivity contribution in [1.82, 2.24) is 4.90 Å². The minimum Gasteiger partial charge on any atom is -0.478 e. The van der Waals surface area contributed by atoms with Gasteiger partial charge < -0.3 is 5.11 Å². The van der Waals surface area contributed by atoms with E-state index in [4.69, 9.17) is 5.11 Å². The molecule has 1 N–H and O–H groups in total. The smallest absolute Gasteiger partial charge is 0.335 e. The number of hydrogen-bond acceptors (Lipinski definition) is 2. The first kappa shape index (κ1) is 15.4. The van der Waals surface area contributed by atoms with Gasteiger partial charge in [-0.15, -0.1) is 0 Å². The van der Waals surface area contributed by atoms with Gasteiger partial charge in [-0.1, -0.05) is 36.4 Å². The molecular formula is C21H23NO2. The fourth-order valence-electron chi connectivity index (χ4n) is 4.28. The fraction of sp³-hybridized carbons (Fsp3) is 0.381. The first-order chi connectivity index (χ1) is 11.7. The number of carboxylic acid groups (broad SMARTS) is 1. The van der Waals surface area contributed by atoms with Gasteiger partial charge in [-0.05, 0) is 60.4 Å². The summed E-state index contributed by atoms with van der Waals surface area (Å²) in [6.07, 6.45) is 4.92. The van der Waals surface area contributed by atoms with E-state index in [9.17, 15) is 4.79 Å². The Morgan fingerprint density at radius 3 is 2.42 bits per heavy atom. The zero-order valence-corrected chi connectivity index (χ0v) is 13.8. The number of nitrogens with zero attached hydrogens (tertiary/aromatic N) is 1. The maximum absolute atomic E-state index is 11.0. The van der Waals surface area contributed by atoms with Gasteiger partial charge in [-0.2, -0.15) is 0 Å². The van der Waals surface area contributed by atoms with E-state index in [-0.39, 0.29) is 0 Å². The van der Waals surface area contributed by atoms with E-state index in [1.54, 1.807) is 12.1 Å². The molecule has 5 rings (SSSR count). The Morgan fingerprint density at radius 1 is 1.00 bits per heavy atom. The minimum absolute atomic E-state index is 0.363. The summed E-state index contributed by atoms with van der Waals surface area (Å²) >= 11 is 0. The highest BCUT2D eigenvalue weighted by Crippen LogP contribution is 2.33.